The molecular weight excluding hydrogens is 240 g/mol. The van der Waals surface area contributed by atoms with Crippen LogP contribution in [0.15, 0.2) is 53.2 Å². The van der Waals surface area contributed by atoms with E-state index < -0.39 is 0 Å². The third-order valence-corrected chi connectivity index (χ3v) is 2.70. The molecule has 0 radical (unpaired) electrons. The molecule has 4 heteroatoms. The van der Waals surface area contributed by atoms with E-state index in [1.165, 1.54) is 6.08 Å². The molecule has 0 atom stereocenters. The van der Waals surface area contributed by atoms with E-state index in [9.17, 15) is 4.79 Å². The Morgan fingerprint density at radius 1 is 1.32 bits per heavy atom. The van der Waals surface area contributed by atoms with E-state index in [4.69, 9.17) is 10.2 Å². The van der Waals surface area contributed by atoms with Gasteiger partial charge < -0.3 is 15.1 Å². The molecule has 0 aliphatic heterocycles. The zero-order valence-electron chi connectivity index (χ0n) is 10.7. The van der Waals surface area contributed by atoms with Gasteiger partial charge in [-0.2, -0.15) is 0 Å². The van der Waals surface area contributed by atoms with Crippen molar-refractivity contribution < 1.29 is 9.21 Å². The highest BCUT2D eigenvalue weighted by Gasteiger charge is 2.06. The summed E-state index contributed by atoms with van der Waals surface area (Å²) in [7, 11) is 1.73. The van der Waals surface area contributed by atoms with Crippen LogP contribution in [0, 0.1) is 0 Å². The normalized spacial score (nSPS) is 10.8. The Kier molecular flexibility index (Phi) is 4.03. The Morgan fingerprint density at radius 3 is 2.68 bits per heavy atom. The lowest BCUT2D eigenvalue weighted by Gasteiger charge is -2.12. The summed E-state index contributed by atoms with van der Waals surface area (Å²) in [5, 5.41) is 0. The molecule has 98 valence electrons. The fourth-order valence-electron chi connectivity index (χ4n) is 1.62. The largest absolute Gasteiger partial charge is 0.467 e. The highest BCUT2D eigenvalue weighted by molar-refractivity contribution is 5.91. The second kappa shape index (κ2) is 5.91. The van der Waals surface area contributed by atoms with Crippen molar-refractivity contribution in [3.05, 3.63) is 60.1 Å². The summed E-state index contributed by atoms with van der Waals surface area (Å²) < 4.78 is 5.20. The molecule has 1 aromatic carbocycles. The molecule has 0 fully saturated rings. The van der Waals surface area contributed by atoms with Crippen molar-refractivity contribution in [3.63, 3.8) is 0 Å². The minimum absolute atomic E-state index is 0.0757. The number of nitrogen functional groups attached to an aromatic ring is 1. The van der Waals surface area contributed by atoms with E-state index >= 15 is 0 Å². The minimum atomic E-state index is -0.0757. The molecule has 19 heavy (non-hydrogen) atoms. The molecule has 0 bridgehead atoms. The van der Waals surface area contributed by atoms with Crippen LogP contribution in [0.3, 0.4) is 0 Å². The average molecular weight is 256 g/mol. The summed E-state index contributed by atoms with van der Waals surface area (Å²) in [6.45, 7) is 0.456. The predicted octanol–water partition coefficient (Wildman–Crippen LogP) is 2.53. The summed E-state index contributed by atoms with van der Waals surface area (Å²) in [6, 6.07) is 11.0. The number of rotatable bonds is 4. The minimum Gasteiger partial charge on any atom is -0.467 e. The molecule has 1 aromatic heterocycles. The van der Waals surface area contributed by atoms with Crippen molar-refractivity contribution >= 4 is 17.7 Å². The number of nitrogens with two attached hydrogens (primary N) is 1. The lowest BCUT2D eigenvalue weighted by atomic mass is 10.2. The number of likely N-dealkylation sites (N-methyl/N-ethyl adjacent to an activating group) is 1. The van der Waals surface area contributed by atoms with Gasteiger partial charge in [0.05, 0.1) is 12.8 Å². The van der Waals surface area contributed by atoms with Gasteiger partial charge in [-0.1, -0.05) is 12.1 Å². The summed E-state index contributed by atoms with van der Waals surface area (Å²) >= 11 is 0. The first kappa shape index (κ1) is 13.0. The average Bonchev–Trinajstić information content (AvgIpc) is 2.90. The number of anilines is 1. The standard InChI is InChI=1S/C15H16N2O2/c1-17(11-14-3-2-10-19-14)15(18)9-6-12-4-7-13(16)8-5-12/h2-10H,11,16H2,1H3/b9-6+. The molecule has 0 saturated heterocycles. The smallest absolute Gasteiger partial charge is 0.246 e. The van der Waals surface area contributed by atoms with Crippen LogP contribution in [0.5, 0.6) is 0 Å². The molecule has 1 heterocycles. The molecule has 2 N–H and O–H groups in total. The quantitative estimate of drug-likeness (QED) is 0.675. The molecular formula is C15H16N2O2. The van der Waals surface area contributed by atoms with Gasteiger partial charge in [-0.15, -0.1) is 0 Å². The lowest BCUT2D eigenvalue weighted by molar-refractivity contribution is -0.125. The maximum Gasteiger partial charge on any atom is 0.246 e. The summed E-state index contributed by atoms with van der Waals surface area (Å²) in [6.07, 6.45) is 4.90. The molecule has 2 aromatic rings. The van der Waals surface area contributed by atoms with Gasteiger partial charge in [0.2, 0.25) is 5.91 Å². The van der Waals surface area contributed by atoms with Crippen LogP contribution in [-0.2, 0) is 11.3 Å². The van der Waals surface area contributed by atoms with Crippen LogP contribution < -0.4 is 5.73 Å². The van der Waals surface area contributed by atoms with Crippen LogP contribution in [0.2, 0.25) is 0 Å². The van der Waals surface area contributed by atoms with Crippen LogP contribution in [0.4, 0.5) is 5.69 Å². The van der Waals surface area contributed by atoms with E-state index in [-0.39, 0.29) is 5.91 Å². The third kappa shape index (κ3) is 3.74. The van der Waals surface area contributed by atoms with E-state index in [1.807, 2.05) is 18.2 Å². The van der Waals surface area contributed by atoms with E-state index in [0.717, 1.165) is 11.3 Å². The third-order valence-electron chi connectivity index (χ3n) is 2.70. The van der Waals surface area contributed by atoms with Gasteiger partial charge in [0.25, 0.3) is 0 Å². The molecule has 0 unspecified atom stereocenters. The van der Waals surface area contributed by atoms with Crippen molar-refractivity contribution in [1.29, 1.82) is 0 Å². The van der Waals surface area contributed by atoms with Crippen molar-refractivity contribution in [2.24, 2.45) is 0 Å². The molecule has 0 aliphatic carbocycles. The van der Waals surface area contributed by atoms with Gasteiger partial charge in [-0.25, -0.2) is 0 Å². The van der Waals surface area contributed by atoms with Crippen LogP contribution >= 0.6 is 0 Å². The SMILES string of the molecule is CN(Cc1ccco1)C(=O)/C=C/c1ccc(N)cc1. The zero-order chi connectivity index (χ0) is 13.7. The number of benzene rings is 1. The second-order valence-corrected chi connectivity index (χ2v) is 4.27. The van der Waals surface area contributed by atoms with Crippen molar-refractivity contribution in [1.82, 2.24) is 4.90 Å². The number of hydrogen-bond acceptors (Lipinski definition) is 3. The number of amides is 1. The number of carbonyl (C=O) groups excluding carboxylic acids is 1. The van der Waals surface area contributed by atoms with Crippen molar-refractivity contribution in [2.75, 3.05) is 12.8 Å². The van der Waals surface area contributed by atoms with E-state index in [2.05, 4.69) is 0 Å². The highest BCUT2D eigenvalue weighted by Crippen LogP contribution is 2.08. The van der Waals surface area contributed by atoms with Crippen molar-refractivity contribution in [2.45, 2.75) is 6.54 Å². The predicted molar refractivity (Wildman–Crippen MR) is 75.1 cm³/mol. The van der Waals surface area contributed by atoms with Crippen LogP contribution in [0.25, 0.3) is 6.08 Å². The van der Waals surface area contributed by atoms with Gasteiger partial charge in [-0.3, -0.25) is 4.79 Å². The molecule has 4 nitrogen and oxygen atoms in total. The second-order valence-electron chi connectivity index (χ2n) is 4.27. The molecule has 0 aliphatic rings. The monoisotopic (exact) mass is 256 g/mol. The zero-order valence-corrected chi connectivity index (χ0v) is 10.7. The van der Waals surface area contributed by atoms with E-state index in [0.29, 0.717) is 12.2 Å². The summed E-state index contributed by atoms with van der Waals surface area (Å²) in [4.78, 5) is 13.5. The van der Waals surface area contributed by atoms with Gasteiger partial charge in [0.1, 0.15) is 5.76 Å². The first-order valence-corrected chi connectivity index (χ1v) is 5.96. The Morgan fingerprint density at radius 2 is 2.05 bits per heavy atom. The summed E-state index contributed by atoms with van der Waals surface area (Å²) in [5.74, 6) is 0.685. The molecule has 0 saturated carbocycles. The van der Waals surface area contributed by atoms with Gasteiger partial charge in [0.15, 0.2) is 0 Å². The first-order valence-electron chi connectivity index (χ1n) is 5.96. The molecule has 0 spiro atoms. The molecule has 1 amide bonds. The van der Waals surface area contributed by atoms with Crippen LogP contribution in [0.1, 0.15) is 11.3 Å². The fraction of sp³-hybridized carbons (Fsp3) is 0.133. The fourth-order valence-corrected chi connectivity index (χ4v) is 1.62. The number of furan rings is 1. The number of carbonyl (C=O) groups is 1. The van der Waals surface area contributed by atoms with Crippen molar-refractivity contribution in [3.8, 4) is 0 Å². The van der Waals surface area contributed by atoms with Gasteiger partial charge in [0, 0.05) is 18.8 Å². The lowest BCUT2D eigenvalue weighted by Crippen LogP contribution is -2.23. The topological polar surface area (TPSA) is 59.5 Å². The number of hydrogen-bond donors (Lipinski definition) is 1. The maximum absolute atomic E-state index is 11.9. The van der Waals surface area contributed by atoms with Gasteiger partial charge >= 0.3 is 0 Å². The highest BCUT2D eigenvalue weighted by atomic mass is 16.3. The first-order chi connectivity index (χ1) is 9.15. The Bertz CT molecular complexity index is 556. The van der Waals surface area contributed by atoms with E-state index in [1.54, 1.807) is 42.5 Å². The van der Waals surface area contributed by atoms with Gasteiger partial charge in [-0.05, 0) is 35.9 Å². The number of nitrogens with zero attached hydrogens (tertiary/aromatic N) is 1. The van der Waals surface area contributed by atoms with Crippen LogP contribution in [-0.4, -0.2) is 17.9 Å². The Labute approximate surface area is 112 Å². The Balaban J connectivity index is 1.94. The summed E-state index contributed by atoms with van der Waals surface area (Å²) in [5.41, 5.74) is 7.24. The maximum atomic E-state index is 11.9. The Hall–Kier alpha value is -2.49. The molecule has 2 rings (SSSR count).